The molecule has 8 nitrogen and oxygen atoms in total. The minimum Gasteiger partial charge on any atom is -0.339 e. The van der Waals surface area contributed by atoms with Crippen molar-refractivity contribution in [1.82, 2.24) is 29.5 Å². The van der Waals surface area contributed by atoms with Gasteiger partial charge in [0.1, 0.15) is 12.2 Å². The molecule has 5 rings (SSSR count). The number of benzene rings is 1. The molecule has 0 spiro atoms. The Kier molecular flexibility index (Phi) is 6.37. The summed E-state index contributed by atoms with van der Waals surface area (Å²) in [5.41, 5.74) is 4.66. The molecule has 4 aromatic rings. The number of rotatable bonds is 6. The smallest absolute Gasteiger partial charge is 0.244 e. The Morgan fingerprint density at radius 1 is 1.00 bits per heavy atom. The maximum atomic E-state index is 13.0. The van der Waals surface area contributed by atoms with Crippen molar-refractivity contribution in [2.24, 2.45) is 0 Å². The Hall–Kier alpha value is -3.91. The predicted octanol–water partition coefficient (Wildman–Crippen LogP) is 3.00. The number of nitrogens with zero attached hydrogens (tertiary/aromatic N) is 6. The van der Waals surface area contributed by atoms with Gasteiger partial charge in [-0.05, 0) is 55.9 Å². The Labute approximate surface area is 204 Å². The Bertz CT molecular complexity index is 1370. The maximum absolute atomic E-state index is 13.0. The first-order chi connectivity index (χ1) is 16.9. The monoisotopic (exact) mass is 468 g/mol. The van der Waals surface area contributed by atoms with E-state index in [9.17, 15) is 9.59 Å². The molecular formula is C27H28N6O2. The average Bonchev–Trinajstić information content (AvgIpc) is 3.26. The standard InChI is InChI=1S/C27H28N6O2/c1-19-6-8-21(16-28-19)23-4-3-5-25(29-23)26(34)15-20-7-9-24-22(14-20)17-33(30-24)18-27(35)32-12-10-31(2)11-13-32/h3-9,14,16-17H,10-13,15,18H2,1-2H3. The zero-order valence-corrected chi connectivity index (χ0v) is 20.0. The number of Topliss-reactive ketones (excluding diaryl/α,β-unsaturated/α-hetero) is 1. The van der Waals surface area contributed by atoms with Gasteiger partial charge in [-0.15, -0.1) is 0 Å². The van der Waals surface area contributed by atoms with E-state index in [1.165, 1.54) is 0 Å². The highest BCUT2D eigenvalue weighted by molar-refractivity contribution is 5.96. The summed E-state index contributed by atoms with van der Waals surface area (Å²) in [4.78, 5) is 38.6. The van der Waals surface area contributed by atoms with E-state index in [1.54, 1.807) is 16.9 Å². The summed E-state index contributed by atoms with van der Waals surface area (Å²) in [6, 6.07) is 15.1. The molecular weight excluding hydrogens is 440 g/mol. The predicted molar refractivity (Wildman–Crippen MR) is 134 cm³/mol. The number of hydrogen-bond acceptors (Lipinski definition) is 6. The Morgan fingerprint density at radius 3 is 2.60 bits per heavy atom. The highest BCUT2D eigenvalue weighted by atomic mass is 16.2. The van der Waals surface area contributed by atoms with Crippen molar-refractivity contribution in [1.29, 1.82) is 0 Å². The number of hydrogen-bond donors (Lipinski definition) is 0. The summed E-state index contributed by atoms with van der Waals surface area (Å²) in [6.45, 7) is 5.43. The van der Waals surface area contributed by atoms with Crippen molar-refractivity contribution in [3.63, 3.8) is 0 Å². The fourth-order valence-electron chi connectivity index (χ4n) is 4.26. The number of aromatic nitrogens is 4. The molecule has 1 saturated heterocycles. The number of fused-ring (bicyclic) bond motifs is 1. The summed E-state index contributed by atoms with van der Waals surface area (Å²) in [6.07, 6.45) is 3.89. The van der Waals surface area contributed by atoms with Crippen LogP contribution in [-0.4, -0.2) is 74.5 Å². The maximum Gasteiger partial charge on any atom is 0.244 e. The van der Waals surface area contributed by atoms with Crippen LogP contribution in [0.2, 0.25) is 0 Å². The zero-order chi connectivity index (χ0) is 24.4. The van der Waals surface area contributed by atoms with E-state index >= 15 is 0 Å². The molecule has 1 fully saturated rings. The minimum absolute atomic E-state index is 0.0519. The second-order valence-electron chi connectivity index (χ2n) is 9.10. The lowest BCUT2D eigenvalue weighted by atomic mass is 10.0. The van der Waals surface area contributed by atoms with E-state index in [0.717, 1.165) is 59.6 Å². The van der Waals surface area contributed by atoms with Gasteiger partial charge in [-0.1, -0.05) is 12.1 Å². The molecule has 8 heteroatoms. The van der Waals surface area contributed by atoms with Gasteiger partial charge in [0.25, 0.3) is 0 Å². The van der Waals surface area contributed by atoms with Crippen LogP contribution in [0.15, 0.2) is 60.9 Å². The number of carbonyl (C=O) groups excluding carboxylic acids is 2. The molecule has 0 saturated carbocycles. The molecule has 1 aromatic carbocycles. The molecule has 1 amide bonds. The van der Waals surface area contributed by atoms with Gasteiger partial charge in [-0.3, -0.25) is 19.3 Å². The molecule has 0 bridgehead atoms. The fourth-order valence-corrected chi connectivity index (χ4v) is 4.26. The number of pyridine rings is 2. The van der Waals surface area contributed by atoms with Gasteiger partial charge in [-0.25, -0.2) is 4.98 Å². The summed E-state index contributed by atoms with van der Waals surface area (Å²) in [5, 5.41) is 5.46. The van der Waals surface area contributed by atoms with E-state index < -0.39 is 0 Å². The fraction of sp³-hybridized carbons (Fsp3) is 0.296. The third-order valence-electron chi connectivity index (χ3n) is 6.38. The van der Waals surface area contributed by atoms with E-state index in [0.29, 0.717) is 5.69 Å². The molecule has 0 aliphatic carbocycles. The summed E-state index contributed by atoms with van der Waals surface area (Å²) in [5.74, 6) is 0.0277. The van der Waals surface area contributed by atoms with Gasteiger partial charge in [-0.2, -0.15) is 5.10 Å². The largest absolute Gasteiger partial charge is 0.339 e. The third kappa shape index (κ3) is 5.27. The van der Waals surface area contributed by atoms with Gasteiger partial charge >= 0.3 is 0 Å². The minimum atomic E-state index is -0.0519. The summed E-state index contributed by atoms with van der Waals surface area (Å²) in [7, 11) is 2.07. The first kappa shape index (κ1) is 22.9. The Balaban J connectivity index is 1.27. The first-order valence-electron chi connectivity index (χ1n) is 11.8. The van der Waals surface area contributed by atoms with Crippen LogP contribution in [0.5, 0.6) is 0 Å². The van der Waals surface area contributed by atoms with Gasteiger partial charge < -0.3 is 9.80 Å². The molecule has 1 aliphatic heterocycles. The van der Waals surface area contributed by atoms with Gasteiger partial charge in [0.15, 0.2) is 5.78 Å². The molecule has 1 aliphatic rings. The lowest BCUT2D eigenvalue weighted by molar-refractivity contribution is -0.133. The number of carbonyl (C=O) groups is 2. The van der Waals surface area contributed by atoms with Crippen molar-refractivity contribution in [3.8, 4) is 11.3 Å². The van der Waals surface area contributed by atoms with Crippen LogP contribution in [0.1, 0.15) is 21.7 Å². The number of likely N-dealkylation sites (N-methyl/N-ethyl adjacent to an activating group) is 1. The second kappa shape index (κ2) is 9.76. The van der Waals surface area contributed by atoms with Crippen LogP contribution >= 0.6 is 0 Å². The lowest BCUT2D eigenvalue weighted by Crippen LogP contribution is -2.48. The normalized spacial score (nSPS) is 14.4. The number of aryl methyl sites for hydroxylation is 1. The van der Waals surface area contributed by atoms with Crippen molar-refractivity contribution < 1.29 is 9.59 Å². The van der Waals surface area contributed by atoms with E-state index in [4.69, 9.17) is 0 Å². The SMILES string of the molecule is Cc1ccc(-c2cccc(C(=O)Cc3ccc4nn(CC(=O)N5CCN(C)CC5)cc4c3)n2)cn1. The third-order valence-corrected chi connectivity index (χ3v) is 6.38. The van der Waals surface area contributed by atoms with Crippen LogP contribution < -0.4 is 0 Å². The van der Waals surface area contributed by atoms with Crippen molar-refractivity contribution in [2.45, 2.75) is 19.9 Å². The topological polar surface area (TPSA) is 84.2 Å². The zero-order valence-electron chi connectivity index (χ0n) is 20.0. The number of piperazine rings is 1. The molecule has 4 heterocycles. The lowest BCUT2D eigenvalue weighted by Gasteiger charge is -2.32. The van der Waals surface area contributed by atoms with Gasteiger partial charge in [0, 0.05) is 61.6 Å². The van der Waals surface area contributed by atoms with Gasteiger partial charge in [0.2, 0.25) is 5.91 Å². The quantitative estimate of drug-likeness (QED) is 0.405. The van der Waals surface area contributed by atoms with Crippen LogP contribution in [0.4, 0.5) is 0 Å². The Morgan fingerprint density at radius 2 is 1.83 bits per heavy atom. The van der Waals surface area contributed by atoms with E-state index in [1.807, 2.05) is 60.5 Å². The van der Waals surface area contributed by atoms with Crippen LogP contribution in [0.3, 0.4) is 0 Å². The van der Waals surface area contributed by atoms with Crippen molar-refractivity contribution in [2.75, 3.05) is 33.2 Å². The molecule has 0 N–H and O–H groups in total. The highest BCUT2D eigenvalue weighted by Gasteiger charge is 2.19. The van der Waals surface area contributed by atoms with Crippen LogP contribution in [0.25, 0.3) is 22.2 Å². The van der Waals surface area contributed by atoms with E-state index in [2.05, 4.69) is 27.0 Å². The highest BCUT2D eigenvalue weighted by Crippen LogP contribution is 2.19. The molecule has 0 unspecified atom stereocenters. The first-order valence-corrected chi connectivity index (χ1v) is 11.8. The van der Waals surface area contributed by atoms with Crippen LogP contribution in [0, 0.1) is 6.92 Å². The van der Waals surface area contributed by atoms with Crippen LogP contribution in [-0.2, 0) is 17.8 Å². The van der Waals surface area contributed by atoms with E-state index in [-0.39, 0.29) is 24.7 Å². The molecule has 3 aromatic heterocycles. The van der Waals surface area contributed by atoms with Crippen molar-refractivity contribution in [3.05, 3.63) is 77.9 Å². The molecule has 35 heavy (non-hydrogen) atoms. The van der Waals surface area contributed by atoms with Gasteiger partial charge in [0.05, 0.1) is 11.2 Å². The molecule has 178 valence electrons. The summed E-state index contributed by atoms with van der Waals surface area (Å²) < 4.78 is 1.69. The number of amides is 1. The van der Waals surface area contributed by atoms with Crippen molar-refractivity contribution >= 4 is 22.6 Å². The summed E-state index contributed by atoms with van der Waals surface area (Å²) >= 11 is 0. The second-order valence-corrected chi connectivity index (χ2v) is 9.10. The number of ketones is 1. The molecule has 0 atom stereocenters. The average molecular weight is 469 g/mol. The molecule has 0 radical (unpaired) electrons.